The van der Waals surface area contributed by atoms with E-state index >= 15 is 0 Å². The number of nitrogens with one attached hydrogen (secondary N) is 2. The fraction of sp³-hybridized carbons (Fsp3) is 0.615. The molecule has 6 nitrogen and oxygen atoms in total. The summed E-state index contributed by atoms with van der Waals surface area (Å²) in [6, 6.07) is -0.370. The number of likely N-dealkylation sites (tertiary alicyclic amines) is 1. The molecule has 0 radical (unpaired) electrons. The Morgan fingerprint density at radius 1 is 1.50 bits per heavy atom. The number of carbonyl (C=O) groups excluding carboxylic acids is 2. The highest BCUT2D eigenvalue weighted by Crippen LogP contribution is 2.22. The van der Waals surface area contributed by atoms with Crippen molar-refractivity contribution in [3.63, 3.8) is 0 Å². The van der Waals surface area contributed by atoms with Crippen LogP contribution in [0.4, 0.5) is 5.13 Å². The third-order valence-corrected chi connectivity index (χ3v) is 4.12. The minimum absolute atomic E-state index is 0. The molecule has 1 fully saturated rings. The van der Waals surface area contributed by atoms with Gasteiger partial charge in [0.2, 0.25) is 11.8 Å². The molecule has 9 heteroatoms. The minimum atomic E-state index is -0.370. The van der Waals surface area contributed by atoms with Crippen LogP contribution in [-0.2, 0) is 9.59 Å². The number of thiazole rings is 1. The van der Waals surface area contributed by atoms with Crippen molar-refractivity contribution in [3.05, 3.63) is 11.6 Å². The number of rotatable bonds is 5. The van der Waals surface area contributed by atoms with Gasteiger partial charge in [-0.1, -0.05) is 6.92 Å². The zero-order valence-corrected chi connectivity index (χ0v) is 15.0. The molecule has 1 aromatic heterocycles. The number of hydrogen-bond acceptors (Lipinski definition) is 5. The first kappa shape index (κ1) is 21.1. The summed E-state index contributed by atoms with van der Waals surface area (Å²) in [4.78, 5) is 30.3. The first-order valence-electron chi connectivity index (χ1n) is 6.79. The lowest BCUT2D eigenvalue weighted by Crippen LogP contribution is -2.46. The topological polar surface area (TPSA) is 74.3 Å². The van der Waals surface area contributed by atoms with Gasteiger partial charge in [0.1, 0.15) is 6.04 Å². The molecule has 1 saturated heterocycles. The molecular formula is C13H22Cl2N4O2S. The second-order valence-corrected chi connectivity index (χ2v) is 5.87. The predicted molar refractivity (Wildman–Crippen MR) is 93.1 cm³/mol. The minimum Gasteiger partial charge on any atom is -0.330 e. The smallest absolute Gasteiger partial charge is 0.248 e. The average Bonchev–Trinajstić information content (AvgIpc) is 3.08. The molecule has 0 bridgehead atoms. The maximum atomic E-state index is 12.3. The summed E-state index contributed by atoms with van der Waals surface area (Å²) in [6.07, 6.45) is 3.23. The summed E-state index contributed by atoms with van der Waals surface area (Å²) < 4.78 is 0. The van der Waals surface area contributed by atoms with Crippen LogP contribution in [0.5, 0.6) is 0 Å². The van der Waals surface area contributed by atoms with Crippen molar-refractivity contribution in [2.24, 2.45) is 5.92 Å². The first-order chi connectivity index (χ1) is 9.63. The van der Waals surface area contributed by atoms with Crippen molar-refractivity contribution in [3.8, 4) is 0 Å². The van der Waals surface area contributed by atoms with Crippen LogP contribution in [0.3, 0.4) is 0 Å². The van der Waals surface area contributed by atoms with Crippen molar-refractivity contribution in [1.82, 2.24) is 15.2 Å². The van der Waals surface area contributed by atoms with Gasteiger partial charge in [0.25, 0.3) is 0 Å². The molecule has 2 heterocycles. The lowest BCUT2D eigenvalue weighted by Gasteiger charge is -2.26. The Hall–Kier alpha value is -0.890. The molecule has 0 saturated carbocycles. The van der Waals surface area contributed by atoms with Crippen LogP contribution < -0.4 is 10.6 Å². The van der Waals surface area contributed by atoms with Crippen LogP contribution in [0.15, 0.2) is 11.6 Å². The third kappa shape index (κ3) is 5.08. The van der Waals surface area contributed by atoms with Crippen molar-refractivity contribution in [2.45, 2.75) is 25.8 Å². The molecule has 2 unspecified atom stereocenters. The maximum absolute atomic E-state index is 12.3. The molecule has 22 heavy (non-hydrogen) atoms. The van der Waals surface area contributed by atoms with Gasteiger partial charge in [0, 0.05) is 30.6 Å². The largest absolute Gasteiger partial charge is 0.330 e. The van der Waals surface area contributed by atoms with Gasteiger partial charge >= 0.3 is 0 Å². The van der Waals surface area contributed by atoms with Gasteiger partial charge in [-0.2, -0.15) is 0 Å². The van der Waals surface area contributed by atoms with Gasteiger partial charge in [-0.05, 0) is 19.9 Å². The fourth-order valence-electron chi connectivity index (χ4n) is 2.45. The zero-order chi connectivity index (χ0) is 14.5. The van der Waals surface area contributed by atoms with E-state index in [1.807, 2.05) is 19.4 Å². The Bertz CT molecular complexity index is 473. The molecule has 0 aliphatic carbocycles. The first-order valence-corrected chi connectivity index (χ1v) is 7.67. The summed E-state index contributed by atoms with van der Waals surface area (Å²) in [5.41, 5.74) is 0. The number of aromatic nitrogens is 1. The highest BCUT2D eigenvalue weighted by atomic mass is 35.5. The van der Waals surface area contributed by atoms with Gasteiger partial charge in [0.05, 0.1) is 0 Å². The summed E-state index contributed by atoms with van der Waals surface area (Å²) in [5, 5.41) is 8.16. The second-order valence-electron chi connectivity index (χ2n) is 4.97. The number of nitrogens with zero attached hydrogens (tertiary/aromatic N) is 2. The number of halogens is 2. The molecule has 2 N–H and O–H groups in total. The number of hydrogen-bond donors (Lipinski definition) is 2. The average molecular weight is 369 g/mol. The van der Waals surface area contributed by atoms with E-state index in [1.165, 1.54) is 11.3 Å². The van der Waals surface area contributed by atoms with E-state index in [0.29, 0.717) is 18.2 Å². The Labute approximate surface area is 146 Å². The highest BCUT2D eigenvalue weighted by Gasteiger charge is 2.35. The monoisotopic (exact) mass is 368 g/mol. The van der Waals surface area contributed by atoms with Crippen LogP contribution in [0, 0.1) is 5.92 Å². The molecule has 0 aromatic carbocycles. The SMILES string of the molecule is CNCC(C)C(=O)N1CCCC1C(=O)Nc1nccs1.Cl.Cl. The predicted octanol–water partition coefficient (Wildman–Crippen LogP) is 1.77. The summed E-state index contributed by atoms with van der Waals surface area (Å²) in [6.45, 7) is 3.16. The lowest BCUT2D eigenvalue weighted by molar-refractivity contribution is -0.139. The number of carbonyl (C=O) groups is 2. The zero-order valence-electron chi connectivity index (χ0n) is 12.6. The number of amides is 2. The van der Waals surface area contributed by atoms with Crippen LogP contribution in [0.25, 0.3) is 0 Å². The van der Waals surface area contributed by atoms with E-state index in [9.17, 15) is 9.59 Å². The molecule has 2 atom stereocenters. The van der Waals surface area contributed by atoms with Crippen LogP contribution >= 0.6 is 36.2 Å². The van der Waals surface area contributed by atoms with Gasteiger partial charge in [-0.15, -0.1) is 36.2 Å². The quantitative estimate of drug-likeness (QED) is 0.830. The van der Waals surface area contributed by atoms with E-state index in [-0.39, 0.29) is 48.6 Å². The van der Waals surface area contributed by atoms with Gasteiger partial charge in [-0.25, -0.2) is 4.98 Å². The molecule has 1 aliphatic rings. The van der Waals surface area contributed by atoms with Crippen molar-refractivity contribution >= 4 is 53.1 Å². The van der Waals surface area contributed by atoms with Gasteiger partial charge in [-0.3, -0.25) is 9.59 Å². The van der Waals surface area contributed by atoms with Gasteiger partial charge in [0.15, 0.2) is 5.13 Å². The lowest BCUT2D eigenvalue weighted by atomic mass is 10.1. The van der Waals surface area contributed by atoms with Crippen LogP contribution in [-0.4, -0.2) is 47.9 Å². The molecule has 2 amide bonds. The Kier molecular flexibility index (Phi) is 9.59. The van der Waals surface area contributed by atoms with Gasteiger partial charge < -0.3 is 15.5 Å². The van der Waals surface area contributed by atoms with E-state index in [4.69, 9.17) is 0 Å². The normalized spacial score (nSPS) is 18.1. The fourth-order valence-corrected chi connectivity index (χ4v) is 2.99. The van der Waals surface area contributed by atoms with E-state index < -0.39 is 0 Å². The van der Waals surface area contributed by atoms with E-state index in [0.717, 1.165) is 12.8 Å². The Morgan fingerprint density at radius 2 is 2.23 bits per heavy atom. The molecule has 2 rings (SSSR count). The third-order valence-electron chi connectivity index (χ3n) is 3.43. The number of anilines is 1. The summed E-state index contributed by atoms with van der Waals surface area (Å²) in [5.74, 6) is -0.216. The van der Waals surface area contributed by atoms with Crippen molar-refractivity contribution in [2.75, 3.05) is 25.5 Å². The molecule has 1 aromatic rings. The maximum Gasteiger partial charge on any atom is 0.248 e. The van der Waals surface area contributed by atoms with Crippen LogP contribution in [0.1, 0.15) is 19.8 Å². The Balaban J connectivity index is 0.00000220. The highest BCUT2D eigenvalue weighted by molar-refractivity contribution is 7.13. The van der Waals surface area contributed by atoms with Crippen LogP contribution in [0.2, 0.25) is 0 Å². The molecule has 1 aliphatic heterocycles. The molecule has 126 valence electrons. The van der Waals surface area contributed by atoms with Crippen molar-refractivity contribution in [1.29, 1.82) is 0 Å². The Morgan fingerprint density at radius 3 is 2.82 bits per heavy atom. The standard InChI is InChI=1S/C13H20N4O2S.2ClH/c1-9(8-14-2)12(19)17-6-3-4-10(17)11(18)16-13-15-5-7-20-13;;/h5,7,9-10,14H,3-4,6,8H2,1-2H3,(H,15,16,18);2*1H. The van der Waals surface area contributed by atoms with E-state index in [2.05, 4.69) is 15.6 Å². The molecule has 0 spiro atoms. The van der Waals surface area contributed by atoms with E-state index in [1.54, 1.807) is 11.1 Å². The second kappa shape index (κ2) is 9.99. The molecular weight excluding hydrogens is 347 g/mol. The summed E-state index contributed by atoms with van der Waals surface area (Å²) in [7, 11) is 1.82. The summed E-state index contributed by atoms with van der Waals surface area (Å²) >= 11 is 1.38. The van der Waals surface area contributed by atoms with Crippen molar-refractivity contribution < 1.29 is 9.59 Å².